The van der Waals surface area contributed by atoms with E-state index in [1.54, 1.807) is 25.1 Å². The molecule has 0 fully saturated rings. The quantitative estimate of drug-likeness (QED) is 0.489. The first-order valence-electron chi connectivity index (χ1n) is 7.25. The Labute approximate surface area is 153 Å². The van der Waals surface area contributed by atoms with E-state index in [1.165, 1.54) is 13.8 Å². The highest BCUT2D eigenvalue weighted by Crippen LogP contribution is 2.38. The monoisotopic (exact) mass is 382 g/mol. The fraction of sp³-hybridized carbons (Fsp3) is 0.250. The topological polar surface area (TPSA) is 94.1 Å². The number of hydrogen-bond donors (Lipinski definition) is 1. The molecule has 0 bridgehead atoms. The number of carbonyl (C=O) groups excluding carboxylic acids is 3. The van der Waals surface area contributed by atoms with Gasteiger partial charge in [-0.25, -0.2) is 0 Å². The zero-order chi connectivity index (χ0) is 18.6. The van der Waals surface area contributed by atoms with Crippen LogP contribution in [0, 0.1) is 0 Å². The number of nitrogens with one attached hydrogen (secondary N) is 1. The molecule has 0 aliphatic carbocycles. The third kappa shape index (κ3) is 5.07. The van der Waals surface area contributed by atoms with Gasteiger partial charge in [0, 0.05) is 13.8 Å². The average molecular weight is 383 g/mol. The van der Waals surface area contributed by atoms with Gasteiger partial charge >= 0.3 is 5.97 Å². The molecular formula is C16H15ClN2O5S. The Bertz CT molecular complexity index is 804. The van der Waals surface area contributed by atoms with Gasteiger partial charge in [-0.2, -0.15) is 4.99 Å². The number of amidine groups is 1. The van der Waals surface area contributed by atoms with E-state index in [1.807, 2.05) is 0 Å². The standard InChI is InChI=1S/C16H15ClN2O5S/c1-4-23-12-6-10(5-11(17)14(12)24-9(3)21)7-13-15(22)19-16(25-13)18-8(2)20/h5-7H,4H2,1-3H3,(H,18,19,20,22)/b13-7-. The molecule has 0 radical (unpaired) electrons. The lowest BCUT2D eigenvalue weighted by Crippen LogP contribution is -2.23. The Morgan fingerprint density at radius 1 is 1.36 bits per heavy atom. The maximum atomic E-state index is 11.9. The summed E-state index contributed by atoms with van der Waals surface area (Å²) in [6.45, 7) is 4.71. The van der Waals surface area contributed by atoms with Crippen LogP contribution in [0.3, 0.4) is 0 Å². The Kier molecular flexibility index (Phi) is 6.22. The zero-order valence-corrected chi connectivity index (χ0v) is 15.3. The molecule has 9 heteroatoms. The van der Waals surface area contributed by atoms with Crippen molar-refractivity contribution in [1.29, 1.82) is 0 Å². The average Bonchev–Trinajstić information content (AvgIpc) is 2.81. The maximum absolute atomic E-state index is 11.9. The smallest absolute Gasteiger partial charge is 0.308 e. The van der Waals surface area contributed by atoms with Crippen LogP contribution >= 0.6 is 23.4 Å². The molecule has 1 aliphatic heterocycles. The highest BCUT2D eigenvalue weighted by Gasteiger charge is 2.23. The summed E-state index contributed by atoms with van der Waals surface area (Å²) >= 11 is 7.21. The fourth-order valence-electron chi connectivity index (χ4n) is 1.94. The van der Waals surface area contributed by atoms with E-state index in [9.17, 15) is 14.4 Å². The number of amides is 2. The Hall–Kier alpha value is -2.32. The number of nitrogens with zero attached hydrogens (tertiary/aromatic N) is 1. The molecule has 1 heterocycles. The van der Waals surface area contributed by atoms with Crippen LogP contribution in [0.1, 0.15) is 26.3 Å². The minimum Gasteiger partial charge on any atom is -0.490 e. The van der Waals surface area contributed by atoms with E-state index in [2.05, 4.69) is 10.3 Å². The molecule has 0 saturated heterocycles. The summed E-state index contributed by atoms with van der Waals surface area (Å²) in [6, 6.07) is 3.14. The van der Waals surface area contributed by atoms with Gasteiger partial charge in [0.05, 0.1) is 16.5 Å². The number of ether oxygens (including phenoxy) is 2. The molecule has 25 heavy (non-hydrogen) atoms. The first-order chi connectivity index (χ1) is 11.8. The lowest BCUT2D eigenvalue weighted by atomic mass is 10.2. The number of esters is 1. The summed E-state index contributed by atoms with van der Waals surface area (Å²) in [7, 11) is 0. The highest BCUT2D eigenvalue weighted by molar-refractivity contribution is 8.18. The Morgan fingerprint density at radius 2 is 2.08 bits per heavy atom. The molecule has 1 aromatic rings. The van der Waals surface area contributed by atoms with Gasteiger partial charge in [-0.15, -0.1) is 0 Å². The molecule has 1 aliphatic rings. The first kappa shape index (κ1) is 19.0. The number of thioether (sulfide) groups is 1. The van der Waals surface area contributed by atoms with Crippen molar-refractivity contribution in [2.24, 2.45) is 4.99 Å². The van der Waals surface area contributed by atoms with Gasteiger partial charge in [-0.3, -0.25) is 14.4 Å². The number of carbonyl (C=O) groups is 3. The molecular weight excluding hydrogens is 368 g/mol. The predicted molar refractivity (Wildman–Crippen MR) is 95.8 cm³/mol. The van der Waals surface area contributed by atoms with Gasteiger partial charge in [-0.1, -0.05) is 11.6 Å². The van der Waals surface area contributed by atoms with E-state index in [4.69, 9.17) is 21.1 Å². The molecule has 2 amide bonds. The van der Waals surface area contributed by atoms with Crippen molar-refractivity contribution in [2.45, 2.75) is 20.8 Å². The van der Waals surface area contributed by atoms with Crippen LogP contribution in [0.2, 0.25) is 5.02 Å². The number of benzene rings is 1. The summed E-state index contributed by atoms with van der Waals surface area (Å²) < 4.78 is 10.5. The van der Waals surface area contributed by atoms with Gasteiger partial charge in [-0.05, 0) is 42.5 Å². The predicted octanol–water partition coefficient (Wildman–Crippen LogP) is 2.77. The van der Waals surface area contributed by atoms with Crippen molar-refractivity contribution in [3.05, 3.63) is 27.6 Å². The molecule has 1 N–H and O–H groups in total. The Balaban J connectivity index is 2.33. The molecule has 2 rings (SSSR count). The van der Waals surface area contributed by atoms with E-state index < -0.39 is 11.9 Å². The van der Waals surface area contributed by atoms with E-state index in [0.717, 1.165) is 11.8 Å². The van der Waals surface area contributed by atoms with Gasteiger partial charge < -0.3 is 14.8 Å². The molecule has 0 atom stereocenters. The van der Waals surface area contributed by atoms with Crippen molar-refractivity contribution in [1.82, 2.24) is 5.32 Å². The first-order valence-corrected chi connectivity index (χ1v) is 8.44. The molecule has 0 saturated carbocycles. The maximum Gasteiger partial charge on any atom is 0.308 e. The summed E-state index contributed by atoms with van der Waals surface area (Å²) in [5.74, 6) is -0.891. The van der Waals surface area contributed by atoms with Crippen LogP contribution in [-0.2, 0) is 14.4 Å². The number of hydrogen-bond acceptors (Lipinski definition) is 6. The van der Waals surface area contributed by atoms with Gasteiger partial charge in [0.25, 0.3) is 5.91 Å². The van der Waals surface area contributed by atoms with Crippen LogP contribution in [-0.4, -0.2) is 29.6 Å². The lowest BCUT2D eigenvalue weighted by Gasteiger charge is -2.12. The molecule has 0 spiro atoms. The van der Waals surface area contributed by atoms with Crippen LogP contribution in [0.15, 0.2) is 22.0 Å². The van der Waals surface area contributed by atoms with Gasteiger partial charge in [0.15, 0.2) is 16.7 Å². The minimum absolute atomic E-state index is 0.124. The third-order valence-electron chi connectivity index (χ3n) is 2.78. The number of rotatable bonds is 4. The summed E-state index contributed by atoms with van der Waals surface area (Å²) in [5, 5.41) is 2.86. The van der Waals surface area contributed by atoms with Gasteiger partial charge in [0.1, 0.15) is 0 Å². The molecule has 0 aromatic heterocycles. The van der Waals surface area contributed by atoms with Crippen LogP contribution in [0.5, 0.6) is 11.5 Å². The largest absolute Gasteiger partial charge is 0.490 e. The second-order valence-corrected chi connectivity index (χ2v) is 6.31. The van der Waals surface area contributed by atoms with E-state index in [-0.39, 0.29) is 27.6 Å². The second-order valence-electron chi connectivity index (χ2n) is 4.87. The SMILES string of the molecule is CCOc1cc(/C=C2\SC(NC(C)=O)=NC2=O)cc(Cl)c1OC(C)=O. The third-order valence-corrected chi connectivity index (χ3v) is 3.96. The van der Waals surface area contributed by atoms with Crippen molar-refractivity contribution in [3.63, 3.8) is 0 Å². The van der Waals surface area contributed by atoms with Crippen molar-refractivity contribution >= 4 is 52.4 Å². The van der Waals surface area contributed by atoms with E-state index >= 15 is 0 Å². The molecule has 0 unspecified atom stereocenters. The normalized spacial score (nSPS) is 15.1. The molecule has 1 aromatic carbocycles. The van der Waals surface area contributed by atoms with Crippen molar-refractivity contribution in [2.75, 3.05) is 6.61 Å². The number of halogens is 1. The van der Waals surface area contributed by atoms with Crippen molar-refractivity contribution < 1.29 is 23.9 Å². The van der Waals surface area contributed by atoms with Crippen molar-refractivity contribution in [3.8, 4) is 11.5 Å². The Morgan fingerprint density at radius 3 is 2.68 bits per heavy atom. The van der Waals surface area contributed by atoms with Crippen LogP contribution < -0.4 is 14.8 Å². The molecule has 7 nitrogen and oxygen atoms in total. The van der Waals surface area contributed by atoms with E-state index in [0.29, 0.717) is 17.1 Å². The summed E-state index contributed by atoms with van der Waals surface area (Å²) in [6.07, 6.45) is 1.57. The zero-order valence-electron chi connectivity index (χ0n) is 13.7. The highest BCUT2D eigenvalue weighted by atomic mass is 35.5. The van der Waals surface area contributed by atoms with Gasteiger partial charge in [0.2, 0.25) is 5.91 Å². The summed E-state index contributed by atoms with van der Waals surface area (Å²) in [5.41, 5.74) is 0.569. The second kappa shape index (κ2) is 8.17. The minimum atomic E-state index is -0.524. The fourth-order valence-corrected chi connectivity index (χ4v) is 3.06. The number of aliphatic imine (C=N–C) groups is 1. The van der Waals surface area contributed by atoms with Crippen LogP contribution in [0.25, 0.3) is 6.08 Å². The molecule has 132 valence electrons. The lowest BCUT2D eigenvalue weighted by molar-refractivity contribution is -0.132. The van der Waals surface area contributed by atoms with Crippen LogP contribution in [0.4, 0.5) is 0 Å². The summed E-state index contributed by atoms with van der Waals surface area (Å²) in [4.78, 5) is 38.2.